The smallest absolute Gasteiger partial charge is 0.277 e. The van der Waals surface area contributed by atoms with E-state index in [0.29, 0.717) is 6.54 Å². The average Bonchev–Trinajstić information content (AvgIpc) is 3.00. The highest BCUT2D eigenvalue weighted by Crippen LogP contribution is 2.04. The summed E-state index contributed by atoms with van der Waals surface area (Å²) in [5, 5.41) is 2.75. The second kappa shape index (κ2) is 8.31. The first kappa shape index (κ1) is 16.2. The molecule has 1 aromatic heterocycles. The summed E-state index contributed by atoms with van der Waals surface area (Å²) in [6.07, 6.45) is 3.66. The van der Waals surface area contributed by atoms with E-state index in [-0.39, 0.29) is 5.91 Å². The second-order valence-electron chi connectivity index (χ2n) is 4.79. The Bertz CT molecular complexity index is 579. The molecule has 1 amide bonds. The topological polar surface area (TPSA) is 65.4 Å². The highest BCUT2D eigenvalue weighted by atomic mass is 16.7. The Labute approximate surface area is 130 Å². The first-order valence-corrected chi connectivity index (χ1v) is 7.12. The van der Waals surface area contributed by atoms with Crippen molar-refractivity contribution in [1.82, 2.24) is 14.9 Å². The van der Waals surface area contributed by atoms with Crippen LogP contribution in [0.25, 0.3) is 0 Å². The Hall–Kier alpha value is -2.18. The van der Waals surface area contributed by atoms with Gasteiger partial charge in [0.25, 0.3) is 5.91 Å². The van der Waals surface area contributed by atoms with Gasteiger partial charge in [0.15, 0.2) is 0 Å². The lowest BCUT2D eigenvalue weighted by Gasteiger charge is -2.13. The molecule has 1 heterocycles. The maximum Gasteiger partial charge on any atom is 0.277 e. The normalized spacial score (nSPS) is 10.9. The molecule has 118 valence electrons. The van der Waals surface area contributed by atoms with Crippen molar-refractivity contribution in [1.29, 1.82) is 0 Å². The molecule has 0 saturated carbocycles. The third-order valence-corrected chi connectivity index (χ3v) is 3.35. The summed E-state index contributed by atoms with van der Waals surface area (Å²) in [4.78, 5) is 16.1. The Kier molecular flexibility index (Phi) is 6.12. The van der Waals surface area contributed by atoms with Crippen LogP contribution >= 0.6 is 0 Å². The van der Waals surface area contributed by atoms with Crippen LogP contribution in [-0.4, -0.2) is 36.0 Å². The number of amides is 1. The van der Waals surface area contributed by atoms with Gasteiger partial charge in [-0.2, -0.15) is 0 Å². The molecule has 0 unspecified atom stereocenters. The molecule has 1 N–H and O–H groups in total. The van der Waals surface area contributed by atoms with E-state index < -0.39 is 6.29 Å². The number of carbonyl (C=O) groups is 1. The van der Waals surface area contributed by atoms with Crippen LogP contribution in [0.5, 0.6) is 0 Å². The standard InChI is InChI=1S/C16H21N3O3/c1-21-16(22-2)15(20)18-12-14-17-9-11-19(14)10-8-13-6-4-3-5-7-13/h3-7,9,11,16H,8,10,12H2,1-2H3,(H,18,20). The van der Waals surface area contributed by atoms with Gasteiger partial charge in [-0.1, -0.05) is 30.3 Å². The van der Waals surface area contributed by atoms with Gasteiger partial charge in [-0.05, 0) is 12.0 Å². The van der Waals surface area contributed by atoms with Crippen molar-refractivity contribution in [2.75, 3.05) is 14.2 Å². The van der Waals surface area contributed by atoms with Gasteiger partial charge < -0.3 is 19.4 Å². The van der Waals surface area contributed by atoms with Gasteiger partial charge in [-0.15, -0.1) is 0 Å². The van der Waals surface area contributed by atoms with Crippen molar-refractivity contribution in [3.05, 3.63) is 54.1 Å². The molecule has 1 aromatic carbocycles. The number of carbonyl (C=O) groups excluding carboxylic acids is 1. The molecule has 2 aromatic rings. The number of aryl methyl sites for hydroxylation is 2. The fourth-order valence-electron chi connectivity index (χ4n) is 2.16. The van der Waals surface area contributed by atoms with Gasteiger partial charge in [0.2, 0.25) is 6.29 Å². The molecule has 6 heteroatoms. The number of rotatable bonds is 8. The molecule has 0 aliphatic heterocycles. The van der Waals surface area contributed by atoms with Crippen LogP contribution in [0.2, 0.25) is 0 Å². The number of benzene rings is 1. The average molecular weight is 303 g/mol. The van der Waals surface area contributed by atoms with E-state index in [2.05, 4.69) is 22.4 Å². The van der Waals surface area contributed by atoms with Gasteiger partial charge in [0, 0.05) is 33.2 Å². The number of methoxy groups -OCH3 is 2. The molecule has 0 radical (unpaired) electrons. The van der Waals surface area contributed by atoms with Crippen molar-refractivity contribution in [2.24, 2.45) is 0 Å². The molecule has 0 aliphatic rings. The maximum atomic E-state index is 11.8. The Morgan fingerprint density at radius 1 is 1.27 bits per heavy atom. The van der Waals surface area contributed by atoms with E-state index in [1.165, 1.54) is 19.8 Å². The van der Waals surface area contributed by atoms with E-state index >= 15 is 0 Å². The summed E-state index contributed by atoms with van der Waals surface area (Å²) in [7, 11) is 2.85. The maximum absolute atomic E-state index is 11.8. The van der Waals surface area contributed by atoms with E-state index in [0.717, 1.165) is 18.8 Å². The van der Waals surface area contributed by atoms with Gasteiger partial charge in [0.05, 0.1) is 6.54 Å². The molecule has 0 bridgehead atoms. The fourth-order valence-corrected chi connectivity index (χ4v) is 2.16. The van der Waals surface area contributed by atoms with Crippen LogP contribution in [0.3, 0.4) is 0 Å². The van der Waals surface area contributed by atoms with Gasteiger partial charge in [-0.25, -0.2) is 4.98 Å². The summed E-state index contributed by atoms with van der Waals surface area (Å²) in [5.41, 5.74) is 1.27. The minimum absolute atomic E-state index is 0.317. The molecule has 0 aliphatic carbocycles. The molecule has 2 rings (SSSR count). The number of nitrogens with one attached hydrogen (secondary N) is 1. The Morgan fingerprint density at radius 3 is 2.68 bits per heavy atom. The van der Waals surface area contributed by atoms with Crippen LogP contribution in [0.4, 0.5) is 0 Å². The molecule has 0 atom stereocenters. The molecular formula is C16H21N3O3. The zero-order valence-corrected chi connectivity index (χ0v) is 12.9. The van der Waals surface area contributed by atoms with Crippen molar-refractivity contribution in [3.63, 3.8) is 0 Å². The molecule has 22 heavy (non-hydrogen) atoms. The Morgan fingerprint density at radius 2 is 2.00 bits per heavy atom. The number of ether oxygens (including phenoxy) is 2. The molecule has 0 saturated heterocycles. The van der Waals surface area contributed by atoms with Crippen molar-refractivity contribution >= 4 is 5.91 Å². The number of imidazole rings is 1. The fraction of sp³-hybridized carbons (Fsp3) is 0.375. The summed E-state index contributed by atoms with van der Waals surface area (Å²) >= 11 is 0. The van der Waals surface area contributed by atoms with Crippen molar-refractivity contribution < 1.29 is 14.3 Å². The van der Waals surface area contributed by atoms with E-state index in [4.69, 9.17) is 9.47 Å². The SMILES string of the molecule is COC(OC)C(=O)NCc1nccn1CCc1ccccc1. The third kappa shape index (κ3) is 4.41. The zero-order valence-electron chi connectivity index (χ0n) is 12.9. The third-order valence-electron chi connectivity index (χ3n) is 3.35. The van der Waals surface area contributed by atoms with Crippen molar-refractivity contribution in [2.45, 2.75) is 25.8 Å². The lowest BCUT2D eigenvalue weighted by atomic mass is 10.1. The lowest BCUT2D eigenvalue weighted by Crippen LogP contribution is -2.37. The summed E-state index contributed by atoms with van der Waals surface area (Å²) in [5.74, 6) is 0.484. The second-order valence-corrected chi connectivity index (χ2v) is 4.79. The number of nitrogens with zero attached hydrogens (tertiary/aromatic N) is 2. The van der Waals surface area contributed by atoms with Crippen LogP contribution in [-0.2, 0) is 33.8 Å². The molecule has 6 nitrogen and oxygen atoms in total. The quantitative estimate of drug-likeness (QED) is 0.748. The van der Waals surface area contributed by atoms with Crippen molar-refractivity contribution in [3.8, 4) is 0 Å². The Balaban J connectivity index is 1.88. The number of hydrogen-bond acceptors (Lipinski definition) is 4. The van der Waals surface area contributed by atoms with Gasteiger partial charge in [-0.3, -0.25) is 4.79 Å². The van der Waals surface area contributed by atoms with Gasteiger partial charge >= 0.3 is 0 Å². The predicted octanol–water partition coefficient (Wildman–Crippen LogP) is 1.36. The van der Waals surface area contributed by atoms with Gasteiger partial charge in [0.1, 0.15) is 5.82 Å². The summed E-state index contributed by atoms with van der Waals surface area (Å²) in [6.45, 7) is 1.15. The number of aromatic nitrogens is 2. The van der Waals surface area contributed by atoms with E-state index in [9.17, 15) is 4.79 Å². The van der Waals surface area contributed by atoms with E-state index in [1.807, 2.05) is 29.0 Å². The number of hydrogen-bond donors (Lipinski definition) is 1. The van der Waals surface area contributed by atoms with Crippen LogP contribution in [0.1, 0.15) is 11.4 Å². The van der Waals surface area contributed by atoms with Crippen LogP contribution in [0.15, 0.2) is 42.7 Å². The molecular weight excluding hydrogens is 282 g/mol. The highest BCUT2D eigenvalue weighted by molar-refractivity contribution is 5.79. The summed E-state index contributed by atoms with van der Waals surface area (Å²) in [6, 6.07) is 10.3. The van der Waals surface area contributed by atoms with Crippen LogP contribution < -0.4 is 5.32 Å². The minimum atomic E-state index is -0.896. The minimum Gasteiger partial charge on any atom is -0.348 e. The largest absolute Gasteiger partial charge is 0.348 e. The molecule has 0 spiro atoms. The first-order chi connectivity index (χ1) is 10.7. The predicted molar refractivity (Wildman–Crippen MR) is 82.0 cm³/mol. The first-order valence-electron chi connectivity index (χ1n) is 7.12. The summed E-state index contributed by atoms with van der Waals surface area (Å²) < 4.78 is 11.8. The van der Waals surface area contributed by atoms with E-state index in [1.54, 1.807) is 6.20 Å². The highest BCUT2D eigenvalue weighted by Gasteiger charge is 2.16. The monoisotopic (exact) mass is 303 g/mol. The van der Waals surface area contributed by atoms with Crippen LogP contribution in [0, 0.1) is 0 Å². The molecule has 0 fully saturated rings. The lowest BCUT2D eigenvalue weighted by molar-refractivity contribution is -0.159. The zero-order chi connectivity index (χ0) is 15.8.